The van der Waals surface area contributed by atoms with Crippen LogP contribution in [0.25, 0.3) is 10.9 Å². The van der Waals surface area contributed by atoms with Crippen LogP contribution in [-0.2, 0) is 0 Å². The van der Waals surface area contributed by atoms with Crippen molar-refractivity contribution in [3.63, 3.8) is 0 Å². The Balaban J connectivity index is 1.54. The summed E-state index contributed by atoms with van der Waals surface area (Å²) < 4.78 is 8.15. The Hall–Kier alpha value is -2.99. The van der Waals surface area contributed by atoms with E-state index in [-0.39, 0.29) is 11.9 Å². The lowest BCUT2D eigenvalue weighted by molar-refractivity contribution is -0.0180. The van der Waals surface area contributed by atoms with Gasteiger partial charge in [0, 0.05) is 46.1 Å². The summed E-state index contributed by atoms with van der Waals surface area (Å²) in [5.74, 6) is 0.510. The fraction of sp³-hybridized carbons (Fsp3) is 0.154. The predicted molar refractivity (Wildman–Crippen MR) is 135 cm³/mol. The van der Waals surface area contributed by atoms with Gasteiger partial charge in [-0.3, -0.25) is 9.36 Å². The first-order valence-electron chi connectivity index (χ1n) is 10.8. The third-order valence-electron chi connectivity index (χ3n) is 6.33. The van der Waals surface area contributed by atoms with Crippen LogP contribution in [-0.4, -0.2) is 21.2 Å². The standard InChI is InChI=1S/C26H18Cl3N3O2/c1-14(33)31-13-20(18-4-2-3-5-23(18)31)26-32-24(19-10-17(28)11-21(29)25(19)34-26)12-22(30-32)15-6-8-16(27)9-7-15/h2-11,13,24,26H,12H2,1H3/t24-,26+/m1/s1. The molecule has 0 fully saturated rings. The maximum absolute atomic E-state index is 12.4. The molecular formula is C26H18Cl3N3O2. The van der Waals surface area contributed by atoms with E-state index in [0.29, 0.717) is 27.2 Å². The second kappa shape index (κ2) is 8.05. The summed E-state index contributed by atoms with van der Waals surface area (Å²) in [5, 5.41) is 9.52. The van der Waals surface area contributed by atoms with E-state index in [1.54, 1.807) is 17.6 Å². The molecule has 0 N–H and O–H groups in total. The molecule has 8 heteroatoms. The lowest BCUT2D eigenvalue weighted by atomic mass is 9.96. The van der Waals surface area contributed by atoms with Crippen molar-refractivity contribution in [2.24, 2.45) is 5.10 Å². The SMILES string of the molecule is CC(=O)n1cc([C@@H]2Oc3c(Cl)cc(Cl)cc3[C@H]3CC(c4ccc(Cl)cc4)=NN32)c2ccccc21. The molecule has 5 nitrogen and oxygen atoms in total. The third kappa shape index (κ3) is 3.38. The smallest absolute Gasteiger partial charge is 0.227 e. The number of para-hydroxylation sites is 1. The Bertz CT molecular complexity index is 1490. The minimum absolute atomic E-state index is 0.0770. The Morgan fingerprint density at radius 1 is 1.00 bits per heavy atom. The molecular weight excluding hydrogens is 493 g/mol. The highest BCUT2D eigenvalue weighted by molar-refractivity contribution is 6.35. The van der Waals surface area contributed by atoms with Gasteiger partial charge in [0.05, 0.1) is 22.3 Å². The van der Waals surface area contributed by atoms with Gasteiger partial charge in [-0.25, -0.2) is 5.01 Å². The van der Waals surface area contributed by atoms with Crippen LogP contribution in [0.4, 0.5) is 0 Å². The predicted octanol–water partition coefficient (Wildman–Crippen LogP) is 7.50. The van der Waals surface area contributed by atoms with Crippen LogP contribution in [0.1, 0.15) is 47.1 Å². The number of carbonyl (C=O) groups excluding carboxylic acids is 1. The monoisotopic (exact) mass is 509 g/mol. The highest BCUT2D eigenvalue weighted by Gasteiger charge is 2.43. The molecule has 170 valence electrons. The molecule has 0 radical (unpaired) electrons. The molecule has 3 aromatic carbocycles. The number of nitrogens with zero attached hydrogens (tertiary/aromatic N) is 3. The van der Waals surface area contributed by atoms with Gasteiger partial charge in [-0.15, -0.1) is 0 Å². The first-order chi connectivity index (χ1) is 16.4. The number of hydrogen-bond donors (Lipinski definition) is 0. The van der Waals surface area contributed by atoms with Crippen molar-refractivity contribution >= 4 is 57.3 Å². The molecule has 0 aliphatic carbocycles. The van der Waals surface area contributed by atoms with E-state index in [0.717, 1.165) is 33.3 Å². The van der Waals surface area contributed by atoms with Gasteiger partial charge in [0.2, 0.25) is 12.1 Å². The van der Waals surface area contributed by atoms with Crippen molar-refractivity contribution in [3.05, 3.63) is 98.6 Å². The number of rotatable bonds is 2. The Kier molecular flexibility index (Phi) is 5.10. The average molecular weight is 511 g/mol. The van der Waals surface area contributed by atoms with Gasteiger partial charge in [0.25, 0.3) is 0 Å². The van der Waals surface area contributed by atoms with E-state index in [2.05, 4.69) is 0 Å². The highest BCUT2D eigenvalue weighted by Crippen LogP contribution is 2.51. The van der Waals surface area contributed by atoms with Crippen LogP contribution in [0.3, 0.4) is 0 Å². The number of carbonyl (C=O) groups is 1. The van der Waals surface area contributed by atoms with Crippen LogP contribution in [0, 0.1) is 0 Å². The van der Waals surface area contributed by atoms with Crippen molar-refractivity contribution in [2.45, 2.75) is 25.6 Å². The fourth-order valence-corrected chi connectivity index (χ4v) is 5.48. The van der Waals surface area contributed by atoms with Crippen molar-refractivity contribution in [3.8, 4) is 5.75 Å². The van der Waals surface area contributed by atoms with E-state index in [9.17, 15) is 4.79 Å². The number of benzene rings is 3. The number of halogens is 3. The first-order valence-corrected chi connectivity index (χ1v) is 11.9. The molecule has 2 aliphatic heterocycles. The number of hydrazone groups is 1. The molecule has 0 saturated carbocycles. The van der Waals surface area contributed by atoms with Gasteiger partial charge >= 0.3 is 0 Å². The van der Waals surface area contributed by atoms with E-state index >= 15 is 0 Å². The van der Waals surface area contributed by atoms with Crippen molar-refractivity contribution in [1.82, 2.24) is 9.58 Å². The number of aromatic nitrogens is 1. The lowest BCUT2D eigenvalue weighted by Gasteiger charge is -2.38. The van der Waals surface area contributed by atoms with E-state index in [4.69, 9.17) is 44.6 Å². The normalized spacial score (nSPS) is 18.9. The zero-order valence-corrected chi connectivity index (χ0v) is 20.3. The highest BCUT2D eigenvalue weighted by atomic mass is 35.5. The summed E-state index contributed by atoms with van der Waals surface area (Å²) in [5.41, 5.74) is 4.44. The molecule has 1 aromatic heterocycles. The Labute approximate surface area is 211 Å². The van der Waals surface area contributed by atoms with Gasteiger partial charge < -0.3 is 4.74 Å². The van der Waals surface area contributed by atoms with Crippen molar-refractivity contribution in [2.75, 3.05) is 0 Å². The third-order valence-corrected chi connectivity index (χ3v) is 7.08. The number of hydrogen-bond acceptors (Lipinski definition) is 4. The molecule has 0 spiro atoms. The number of ether oxygens (including phenoxy) is 1. The maximum atomic E-state index is 12.4. The molecule has 4 aromatic rings. The van der Waals surface area contributed by atoms with Crippen molar-refractivity contribution in [1.29, 1.82) is 0 Å². The van der Waals surface area contributed by atoms with Gasteiger partial charge in [0.1, 0.15) is 5.75 Å². The first kappa shape index (κ1) is 21.5. The summed E-state index contributed by atoms with van der Waals surface area (Å²) in [6, 6.07) is 18.8. The van der Waals surface area contributed by atoms with Gasteiger partial charge in [-0.1, -0.05) is 65.1 Å². The molecule has 0 unspecified atom stereocenters. The minimum atomic E-state index is -0.577. The fourth-order valence-electron chi connectivity index (χ4n) is 4.80. The van der Waals surface area contributed by atoms with Crippen LogP contribution in [0.2, 0.25) is 15.1 Å². The molecule has 2 atom stereocenters. The largest absolute Gasteiger partial charge is 0.463 e. The second-order valence-electron chi connectivity index (χ2n) is 8.42. The van der Waals surface area contributed by atoms with E-state index < -0.39 is 6.23 Å². The van der Waals surface area contributed by atoms with Crippen LogP contribution >= 0.6 is 34.8 Å². The molecule has 0 amide bonds. The van der Waals surface area contributed by atoms with Crippen LogP contribution in [0.15, 0.2) is 72.0 Å². The molecule has 34 heavy (non-hydrogen) atoms. The lowest BCUT2D eigenvalue weighted by Crippen LogP contribution is -2.33. The molecule has 6 rings (SSSR count). The summed E-state index contributed by atoms with van der Waals surface area (Å²) in [6.07, 6.45) is 1.90. The maximum Gasteiger partial charge on any atom is 0.227 e. The van der Waals surface area contributed by atoms with Gasteiger partial charge in [0.15, 0.2) is 0 Å². The zero-order chi connectivity index (χ0) is 23.6. The van der Waals surface area contributed by atoms with E-state index in [1.807, 2.05) is 65.8 Å². The Morgan fingerprint density at radius 3 is 2.53 bits per heavy atom. The van der Waals surface area contributed by atoms with Crippen LogP contribution in [0.5, 0.6) is 5.75 Å². The average Bonchev–Trinajstić information content (AvgIpc) is 3.42. The molecule has 3 heterocycles. The topological polar surface area (TPSA) is 46.8 Å². The van der Waals surface area contributed by atoms with Crippen LogP contribution < -0.4 is 4.74 Å². The van der Waals surface area contributed by atoms with E-state index in [1.165, 1.54) is 0 Å². The summed E-state index contributed by atoms with van der Waals surface area (Å²) in [4.78, 5) is 12.4. The Morgan fingerprint density at radius 2 is 1.76 bits per heavy atom. The molecule has 0 saturated heterocycles. The quantitative estimate of drug-likeness (QED) is 0.280. The van der Waals surface area contributed by atoms with Gasteiger partial charge in [-0.2, -0.15) is 5.10 Å². The molecule has 2 aliphatic rings. The summed E-state index contributed by atoms with van der Waals surface area (Å²) >= 11 is 19.1. The molecule has 0 bridgehead atoms. The van der Waals surface area contributed by atoms with Gasteiger partial charge in [-0.05, 0) is 35.9 Å². The van der Waals surface area contributed by atoms with Crippen molar-refractivity contribution < 1.29 is 9.53 Å². The summed E-state index contributed by atoms with van der Waals surface area (Å²) in [7, 11) is 0. The second-order valence-corrected chi connectivity index (χ2v) is 9.70. The summed E-state index contributed by atoms with van der Waals surface area (Å²) in [6.45, 7) is 1.54. The number of fused-ring (bicyclic) bond motifs is 4. The minimum Gasteiger partial charge on any atom is -0.463 e. The zero-order valence-electron chi connectivity index (χ0n) is 18.0.